The van der Waals surface area contributed by atoms with Crippen molar-refractivity contribution in [2.45, 2.75) is 45.4 Å². The summed E-state index contributed by atoms with van der Waals surface area (Å²) >= 11 is 0. The Morgan fingerprint density at radius 2 is 2.07 bits per heavy atom. The number of nitrogens with zero attached hydrogens (tertiary/aromatic N) is 3. The Kier molecular flexibility index (Phi) is 5.11. The Morgan fingerprint density at radius 3 is 2.78 bits per heavy atom. The van der Waals surface area contributed by atoms with Gasteiger partial charge in [-0.25, -0.2) is 8.78 Å². The molecule has 2 aromatic heterocycles. The fraction of sp³-hybridized carbons (Fsp3) is 0.450. The number of hydrogen-bond acceptors (Lipinski definition) is 4. The van der Waals surface area contributed by atoms with Crippen LogP contribution in [0.5, 0.6) is 5.75 Å². The van der Waals surface area contributed by atoms with Crippen molar-refractivity contribution in [2.24, 2.45) is 0 Å². The minimum atomic E-state index is -2.37. The quantitative estimate of drug-likeness (QED) is 0.646. The molecular formula is C20H23F2N3O2. The van der Waals surface area contributed by atoms with Crippen molar-refractivity contribution in [3.8, 4) is 5.75 Å². The number of likely N-dealkylation sites (tertiary alicyclic amines) is 1. The number of aryl methyl sites for hydroxylation is 1. The van der Waals surface area contributed by atoms with Gasteiger partial charge in [-0.2, -0.15) is 0 Å². The number of hydrogen-bond donors (Lipinski definition) is 0. The van der Waals surface area contributed by atoms with Gasteiger partial charge in [-0.1, -0.05) is 11.2 Å². The molecule has 1 aromatic carbocycles. The maximum Gasteiger partial charge on any atom is 0.256 e. The molecule has 0 spiro atoms. The average Bonchev–Trinajstić information content (AvgIpc) is 3.24. The van der Waals surface area contributed by atoms with Gasteiger partial charge in [0, 0.05) is 36.8 Å². The highest BCUT2D eigenvalue weighted by Gasteiger charge is 2.22. The monoisotopic (exact) mass is 375 g/mol. The zero-order valence-corrected chi connectivity index (χ0v) is 15.3. The van der Waals surface area contributed by atoms with E-state index in [2.05, 4.69) is 10.1 Å². The Bertz CT molecular complexity index is 898. The summed E-state index contributed by atoms with van der Waals surface area (Å²) in [6.45, 7) is 4.36. The minimum Gasteiger partial charge on any atom is -0.490 e. The van der Waals surface area contributed by atoms with Crippen molar-refractivity contribution >= 4 is 10.9 Å². The van der Waals surface area contributed by atoms with Gasteiger partial charge in [-0.3, -0.25) is 4.90 Å². The molecule has 1 aliphatic heterocycles. The number of ether oxygens (including phenoxy) is 1. The molecule has 144 valence electrons. The maximum absolute atomic E-state index is 12.7. The summed E-state index contributed by atoms with van der Waals surface area (Å²) in [6, 6.07) is 7.50. The molecule has 4 rings (SSSR count). The number of piperidine rings is 1. The van der Waals surface area contributed by atoms with E-state index in [0.717, 1.165) is 60.5 Å². The molecule has 5 nitrogen and oxygen atoms in total. The van der Waals surface area contributed by atoms with E-state index in [-0.39, 0.29) is 12.6 Å². The molecule has 0 atom stereocenters. The third kappa shape index (κ3) is 3.98. The maximum atomic E-state index is 12.7. The normalized spacial score (nSPS) is 16.4. The average molecular weight is 375 g/mol. The van der Waals surface area contributed by atoms with Crippen LogP contribution >= 0.6 is 0 Å². The molecule has 1 fully saturated rings. The first-order valence-corrected chi connectivity index (χ1v) is 9.25. The van der Waals surface area contributed by atoms with Crippen molar-refractivity contribution in [1.82, 2.24) is 14.6 Å². The number of halogens is 2. The zero-order valence-electron chi connectivity index (χ0n) is 15.3. The van der Waals surface area contributed by atoms with E-state index in [4.69, 9.17) is 9.26 Å². The molecule has 0 amide bonds. The Balaban J connectivity index is 1.39. The summed E-state index contributed by atoms with van der Waals surface area (Å²) in [5, 5.41) is 4.72. The molecule has 0 radical (unpaired) electrons. The molecule has 0 N–H and O–H groups in total. The van der Waals surface area contributed by atoms with Crippen molar-refractivity contribution in [3.63, 3.8) is 0 Å². The van der Waals surface area contributed by atoms with E-state index in [1.807, 2.05) is 31.2 Å². The molecule has 1 saturated heterocycles. The highest BCUT2D eigenvalue weighted by atomic mass is 19.3. The summed E-state index contributed by atoms with van der Waals surface area (Å²) in [6.07, 6.45) is 3.10. The molecule has 1 aliphatic rings. The molecule has 3 aromatic rings. The highest BCUT2D eigenvalue weighted by molar-refractivity contribution is 5.86. The van der Waals surface area contributed by atoms with E-state index in [1.165, 1.54) is 0 Å². The van der Waals surface area contributed by atoms with Crippen LogP contribution in [0.2, 0.25) is 0 Å². The van der Waals surface area contributed by atoms with Crippen LogP contribution in [0.3, 0.4) is 0 Å². The van der Waals surface area contributed by atoms with Gasteiger partial charge in [0.2, 0.25) is 0 Å². The van der Waals surface area contributed by atoms with Crippen molar-refractivity contribution in [3.05, 3.63) is 48.0 Å². The lowest BCUT2D eigenvalue weighted by atomic mass is 10.1. The van der Waals surface area contributed by atoms with Crippen molar-refractivity contribution < 1.29 is 18.0 Å². The molecule has 0 aliphatic carbocycles. The molecular weight excluding hydrogens is 352 g/mol. The number of alkyl halides is 2. The zero-order chi connectivity index (χ0) is 18.8. The van der Waals surface area contributed by atoms with E-state index >= 15 is 0 Å². The van der Waals surface area contributed by atoms with E-state index in [0.29, 0.717) is 0 Å². The van der Waals surface area contributed by atoms with Crippen LogP contribution in [-0.4, -0.2) is 40.2 Å². The van der Waals surface area contributed by atoms with Crippen LogP contribution < -0.4 is 4.74 Å². The predicted molar refractivity (Wildman–Crippen MR) is 98.1 cm³/mol. The van der Waals surface area contributed by atoms with E-state index in [9.17, 15) is 8.78 Å². The summed E-state index contributed by atoms with van der Waals surface area (Å²) in [4.78, 5) is 2.37. The standard InChI is InChI=1S/C20H23F2N3O2/c1-14-15(11-23-27-14)12-24-8-5-16(6-9-24)26-19-4-2-3-18-17(19)7-10-25(18)13-20(21)22/h2-4,7,10-11,16,20H,5-6,8-9,12-13H2,1H3. The Hall–Kier alpha value is -2.41. The highest BCUT2D eigenvalue weighted by Crippen LogP contribution is 2.29. The first-order chi connectivity index (χ1) is 13.1. The summed E-state index contributed by atoms with van der Waals surface area (Å²) in [7, 11) is 0. The lowest BCUT2D eigenvalue weighted by Crippen LogP contribution is -2.37. The van der Waals surface area contributed by atoms with Crippen molar-refractivity contribution in [1.29, 1.82) is 0 Å². The summed E-state index contributed by atoms with van der Waals surface area (Å²) in [5.74, 6) is 1.64. The van der Waals surface area contributed by atoms with Gasteiger partial charge in [-0.05, 0) is 38.0 Å². The SMILES string of the molecule is Cc1oncc1CN1CCC(Oc2cccc3c2ccn3CC(F)F)CC1. The van der Waals surface area contributed by atoms with Crippen LogP contribution in [-0.2, 0) is 13.1 Å². The second-order valence-electron chi connectivity index (χ2n) is 7.05. The van der Waals surface area contributed by atoms with E-state index in [1.54, 1.807) is 17.0 Å². The molecule has 0 saturated carbocycles. The largest absolute Gasteiger partial charge is 0.490 e. The smallest absolute Gasteiger partial charge is 0.256 e. The van der Waals surface area contributed by atoms with Crippen LogP contribution in [0.4, 0.5) is 8.78 Å². The van der Waals surface area contributed by atoms with Crippen LogP contribution in [0.25, 0.3) is 10.9 Å². The number of benzene rings is 1. The van der Waals surface area contributed by atoms with Crippen LogP contribution in [0.1, 0.15) is 24.2 Å². The van der Waals surface area contributed by atoms with E-state index < -0.39 is 6.43 Å². The first-order valence-electron chi connectivity index (χ1n) is 9.25. The fourth-order valence-electron chi connectivity index (χ4n) is 3.68. The van der Waals surface area contributed by atoms with Crippen molar-refractivity contribution in [2.75, 3.05) is 13.1 Å². The predicted octanol–water partition coefficient (Wildman–Crippen LogP) is 4.25. The fourth-order valence-corrected chi connectivity index (χ4v) is 3.68. The topological polar surface area (TPSA) is 43.4 Å². The molecule has 7 heteroatoms. The van der Waals surface area contributed by atoms with Gasteiger partial charge < -0.3 is 13.8 Å². The Labute approximate surface area is 156 Å². The van der Waals surface area contributed by atoms with Gasteiger partial charge in [-0.15, -0.1) is 0 Å². The van der Waals surface area contributed by atoms with Gasteiger partial charge in [0.1, 0.15) is 17.6 Å². The third-order valence-electron chi connectivity index (χ3n) is 5.18. The molecule has 27 heavy (non-hydrogen) atoms. The molecule has 0 unspecified atom stereocenters. The molecule has 0 bridgehead atoms. The number of fused-ring (bicyclic) bond motifs is 1. The van der Waals surface area contributed by atoms with Gasteiger partial charge in [0.25, 0.3) is 6.43 Å². The molecule has 3 heterocycles. The number of rotatable bonds is 6. The summed E-state index contributed by atoms with van der Waals surface area (Å²) < 4.78 is 38.4. The third-order valence-corrected chi connectivity index (χ3v) is 5.18. The lowest BCUT2D eigenvalue weighted by molar-refractivity contribution is 0.0977. The minimum absolute atomic E-state index is 0.133. The Morgan fingerprint density at radius 1 is 1.26 bits per heavy atom. The lowest BCUT2D eigenvalue weighted by Gasteiger charge is -2.32. The van der Waals surface area contributed by atoms with Gasteiger partial charge in [0.15, 0.2) is 0 Å². The van der Waals surface area contributed by atoms with Gasteiger partial charge >= 0.3 is 0 Å². The van der Waals surface area contributed by atoms with Crippen LogP contribution in [0, 0.1) is 6.92 Å². The second kappa shape index (κ2) is 7.68. The first kappa shape index (κ1) is 18.0. The number of aromatic nitrogens is 2. The second-order valence-corrected chi connectivity index (χ2v) is 7.05. The summed E-state index contributed by atoms with van der Waals surface area (Å²) in [5.41, 5.74) is 1.91. The van der Waals surface area contributed by atoms with Gasteiger partial charge in [0.05, 0.1) is 18.3 Å². The van der Waals surface area contributed by atoms with Crippen LogP contribution in [0.15, 0.2) is 41.2 Å².